The zero-order chi connectivity index (χ0) is 16.7. The highest BCUT2D eigenvalue weighted by Crippen LogP contribution is 2.12. The van der Waals surface area contributed by atoms with Crippen LogP contribution < -0.4 is 10.5 Å². The smallest absolute Gasteiger partial charge is 0.344 e. The van der Waals surface area contributed by atoms with Crippen molar-refractivity contribution in [3.63, 3.8) is 0 Å². The van der Waals surface area contributed by atoms with Crippen LogP contribution in [0.4, 0.5) is 0 Å². The lowest BCUT2D eigenvalue weighted by Gasteiger charge is -2.08. The number of ether oxygens (including phenoxy) is 2. The van der Waals surface area contributed by atoms with Crippen molar-refractivity contribution in [1.82, 2.24) is 0 Å². The Bertz CT molecular complexity index is 664. The fourth-order valence-electron chi connectivity index (χ4n) is 1.80. The van der Waals surface area contributed by atoms with E-state index >= 15 is 0 Å². The standard InChI is InChI=1S/C17H17NO5/c18-17(21)14-5-1-13(2-6-14)10-23-16(20)11-22-15-7-3-12(9-19)4-8-15/h1-8,19H,9-11H2,(H2,18,21). The molecule has 0 bridgehead atoms. The van der Waals surface area contributed by atoms with E-state index in [-0.39, 0.29) is 19.8 Å². The molecule has 0 aliphatic heterocycles. The number of hydrogen-bond acceptors (Lipinski definition) is 5. The highest BCUT2D eigenvalue weighted by molar-refractivity contribution is 5.92. The van der Waals surface area contributed by atoms with Gasteiger partial charge in [0.25, 0.3) is 0 Å². The SMILES string of the molecule is NC(=O)c1ccc(COC(=O)COc2ccc(CO)cc2)cc1. The van der Waals surface area contributed by atoms with Crippen molar-refractivity contribution in [2.75, 3.05) is 6.61 Å². The molecule has 0 saturated carbocycles. The van der Waals surface area contributed by atoms with Crippen LogP contribution in [0.15, 0.2) is 48.5 Å². The Labute approximate surface area is 133 Å². The van der Waals surface area contributed by atoms with Crippen molar-refractivity contribution in [2.45, 2.75) is 13.2 Å². The normalized spacial score (nSPS) is 10.1. The van der Waals surface area contributed by atoms with Gasteiger partial charge in [-0.2, -0.15) is 0 Å². The Morgan fingerprint density at radius 1 is 0.957 bits per heavy atom. The first-order chi connectivity index (χ1) is 11.1. The number of aliphatic hydroxyl groups is 1. The first-order valence-electron chi connectivity index (χ1n) is 6.95. The summed E-state index contributed by atoms with van der Waals surface area (Å²) < 4.78 is 10.4. The van der Waals surface area contributed by atoms with Crippen LogP contribution in [-0.4, -0.2) is 23.6 Å². The van der Waals surface area contributed by atoms with Crippen LogP contribution in [0.1, 0.15) is 21.5 Å². The molecule has 3 N–H and O–H groups in total. The quantitative estimate of drug-likeness (QED) is 0.752. The molecule has 0 spiro atoms. The van der Waals surface area contributed by atoms with Crippen molar-refractivity contribution >= 4 is 11.9 Å². The summed E-state index contributed by atoms with van der Waals surface area (Å²) in [6.07, 6.45) is 0. The van der Waals surface area contributed by atoms with Crippen LogP contribution in [-0.2, 0) is 22.7 Å². The first kappa shape index (κ1) is 16.5. The summed E-state index contributed by atoms with van der Waals surface area (Å²) >= 11 is 0. The molecular weight excluding hydrogens is 298 g/mol. The van der Waals surface area contributed by atoms with Crippen LogP contribution >= 0.6 is 0 Å². The van der Waals surface area contributed by atoms with Gasteiger partial charge >= 0.3 is 5.97 Å². The van der Waals surface area contributed by atoms with Gasteiger partial charge in [0, 0.05) is 5.56 Å². The molecule has 120 valence electrons. The maximum Gasteiger partial charge on any atom is 0.344 e. The molecular formula is C17H17NO5. The molecule has 0 aliphatic rings. The summed E-state index contributed by atoms with van der Waals surface area (Å²) in [5.41, 5.74) is 7.05. The average Bonchev–Trinajstić information content (AvgIpc) is 2.59. The second kappa shape index (κ2) is 7.95. The zero-order valence-corrected chi connectivity index (χ0v) is 12.4. The summed E-state index contributed by atoms with van der Waals surface area (Å²) in [7, 11) is 0. The van der Waals surface area contributed by atoms with Crippen molar-refractivity contribution in [3.8, 4) is 5.75 Å². The third-order valence-corrected chi connectivity index (χ3v) is 3.10. The number of esters is 1. The number of primary amides is 1. The molecule has 0 aliphatic carbocycles. The Morgan fingerprint density at radius 3 is 2.13 bits per heavy atom. The van der Waals surface area contributed by atoms with Crippen LogP contribution in [0, 0.1) is 0 Å². The molecule has 6 nitrogen and oxygen atoms in total. The van der Waals surface area contributed by atoms with Gasteiger partial charge in [-0.15, -0.1) is 0 Å². The van der Waals surface area contributed by atoms with Crippen molar-refractivity contribution in [2.24, 2.45) is 5.73 Å². The Balaban J connectivity index is 1.77. The minimum atomic E-state index is -0.505. The number of carbonyl (C=O) groups excluding carboxylic acids is 2. The molecule has 0 saturated heterocycles. The lowest BCUT2D eigenvalue weighted by molar-refractivity contribution is -0.147. The molecule has 23 heavy (non-hydrogen) atoms. The van der Waals surface area contributed by atoms with Gasteiger partial charge < -0.3 is 20.3 Å². The first-order valence-corrected chi connectivity index (χ1v) is 6.95. The molecule has 0 heterocycles. The van der Waals surface area contributed by atoms with E-state index in [9.17, 15) is 9.59 Å². The number of benzene rings is 2. The summed E-state index contributed by atoms with van der Waals surface area (Å²) in [5, 5.41) is 8.93. The number of hydrogen-bond donors (Lipinski definition) is 2. The van der Waals surface area contributed by atoms with Crippen LogP contribution in [0.5, 0.6) is 5.75 Å². The van der Waals surface area contributed by atoms with E-state index < -0.39 is 11.9 Å². The minimum Gasteiger partial charge on any atom is -0.482 e. The van der Waals surface area contributed by atoms with Gasteiger partial charge in [0.15, 0.2) is 6.61 Å². The van der Waals surface area contributed by atoms with Crippen molar-refractivity contribution in [1.29, 1.82) is 0 Å². The number of carbonyl (C=O) groups is 2. The summed E-state index contributed by atoms with van der Waals surface area (Å²) in [4.78, 5) is 22.6. The Morgan fingerprint density at radius 2 is 1.57 bits per heavy atom. The fraction of sp³-hybridized carbons (Fsp3) is 0.176. The van der Waals surface area contributed by atoms with E-state index in [1.807, 2.05) is 0 Å². The molecule has 0 aromatic heterocycles. The molecule has 0 atom stereocenters. The molecule has 2 aromatic carbocycles. The van der Waals surface area contributed by atoms with E-state index in [4.69, 9.17) is 20.3 Å². The maximum atomic E-state index is 11.6. The van der Waals surface area contributed by atoms with Gasteiger partial charge in [-0.25, -0.2) is 4.79 Å². The molecule has 0 unspecified atom stereocenters. The van der Waals surface area contributed by atoms with Crippen molar-refractivity contribution in [3.05, 3.63) is 65.2 Å². The van der Waals surface area contributed by atoms with Crippen molar-refractivity contribution < 1.29 is 24.2 Å². The third-order valence-electron chi connectivity index (χ3n) is 3.10. The number of amides is 1. The summed E-state index contributed by atoms with van der Waals surface area (Å²) in [6.45, 7) is -0.167. The van der Waals surface area contributed by atoms with Gasteiger partial charge in [0.1, 0.15) is 12.4 Å². The molecule has 2 rings (SSSR count). The highest BCUT2D eigenvalue weighted by atomic mass is 16.6. The summed E-state index contributed by atoms with van der Waals surface area (Å²) in [6, 6.07) is 13.2. The van der Waals surface area contributed by atoms with E-state index in [0.717, 1.165) is 11.1 Å². The van der Waals surface area contributed by atoms with Gasteiger partial charge in [-0.3, -0.25) is 4.79 Å². The maximum absolute atomic E-state index is 11.6. The van der Waals surface area contributed by atoms with Crippen LogP contribution in [0.3, 0.4) is 0 Å². The highest BCUT2D eigenvalue weighted by Gasteiger charge is 2.06. The topological polar surface area (TPSA) is 98.9 Å². The van der Waals surface area contributed by atoms with Gasteiger partial charge in [-0.05, 0) is 35.4 Å². The second-order valence-corrected chi connectivity index (χ2v) is 4.81. The van der Waals surface area contributed by atoms with E-state index in [0.29, 0.717) is 11.3 Å². The second-order valence-electron chi connectivity index (χ2n) is 4.81. The predicted octanol–water partition coefficient (Wildman–Crippen LogP) is 1.40. The van der Waals surface area contributed by atoms with Gasteiger partial charge in [0.2, 0.25) is 5.91 Å². The molecule has 2 aromatic rings. The lowest BCUT2D eigenvalue weighted by Crippen LogP contribution is -2.15. The zero-order valence-electron chi connectivity index (χ0n) is 12.4. The largest absolute Gasteiger partial charge is 0.482 e. The number of rotatable bonds is 7. The van der Waals surface area contributed by atoms with Gasteiger partial charge in [-0.1, -0.05) is 24.3 Å². The monoisotopic (exact) mass is 315 g/mol. The van der Waals surface area contributed by atoms with Crippen LogP contribution in [0.2, 0.25) is 0 Å². The lowest BCUT2D eigenvalue weighted by atomic mass is 10.1. The fourth-order valence-corrected chi connectivity index (χ4v) is 1.80. The van der Waals surface area contributed by atoms with Gasteiger partial charge in [0.05, 0.1) is 6.61 Å². The van der Waals surface area contributed by atoms with E-state index in [1.54, 1.807) is 48.5 Å². The molecule has 1 amide bonds. The van der Waals surface area contributed by atoms with E-state index in [2.05, 4.69) is 0 Å². The number of nitrogens with two attached hydrogens (primary N) is 1. The number of aliphatic hydroxyl groups excluding tert-OH is 1. The minimum absolute atomic E-state index is 0.0448. The Kier molecular flexibility index (Phi) is 5.71. The van der Waals surface area contributed by atoms with Crippen LogP contribution in [0.25, 0.3) is 0 Å². The summed E-state index contributed by atoms with van der Waals surface area (Å²) in [5.74, 6) is -0.491. The third kappa shape index (κ3) is 5.12. The average molecular weight is 315 g/mol. The molecule has 6 heteroatoms. The Hall–Kier alpha value is -2.86. The molecule has 0 fully saturated rings. The predicted molar refractivity (Wildman–Crippen MR) is 82.6 cm³/mol. The van der Waals surface area contributed by atoms with E-state index in [1.165, 1.54) is 0 Å². The molecule has 0 radical (unpaired) electrons.